The lowest BCUT2D eigenvalue weighted by molar-refractivity contribution is -0.147. The summed E-state index contributed by atoms with van der Waals surface area (Å²) in [5.41, 5.74) is 0. The quantitative estimate of drug-likeness (QED) is 0.285. The van der Waals surface area contributed by atoms with Gasteiger partial charge in [0.2, 0.25) is 0 Å². The van der Waals surface area contributed by atoms with Gasteiger partial charge in [-0.2, -0.15) is 0 Å². The van der Waals surface area contributed by atoms with Crippen molar-refractivity contribution >= 4 is 35.9 Å². The van der Waals surface area contributed by atoms with Gasteiger partial charge >= 0.3 is 5.97 Å². The van der Waals surface area contributed by atoms with Gasteiger partial charge in [-0.15, -0.1) is 24.0 Å². The Morgan fingerprint density at radius 3 is 2.25 bits per heavy atom. The van der Waals surface area contributed by atoms with Crippen molar-refractivity contribution in [3.05, 3.63) is 0 Å². The van der Waals surface area contributed by atoms with E-state index in [0.29, 0.717) is 18.9 Å². The predicted octanol–water partition coefficient (Wildman–Crippen LogP) is 2.55. The van der Waals surface area contributed by atoms with Crippen molar-refractivity contribution < 1.29 is 9.53 Å². The second kappa shape index (κ2) is 13.5. The molecule has 0 bridgehead atoms. The molecule has 0 aromatic heterocycles. The highest BCUT2D eigenvalue weighted by Crippen LogP contribution is 2.04. The molecule has 0 spiro atoms. The summed E-state index contributed by atoms with van der Waals surface area (Å²) >= 11 is 0. The summed E-state index contributed by atoms with van der Waals surface area (Å²) in [6.07, 6.45) is 2.60. The summed E-state index contributed by atoms with van der Waals surface area (Å²) < 4.78 is 5.06. The first kappa shape index (κ1) is 21.8. The Kier molecular flexibility index (Phi) is 14.6. The van der Waals surface area contributed by atoms with Gasteiger partial charge in [0, 0.05) is 20.1 Å². The Bertz CT molecular complexity index is 280. The monoisotopic (exact) mass is 399 g/mol. The maximum absolute atomic E-state index is 11.4. The van der Waals surface area contributed by atoms with Crippen LogP contribution in [-0.4, -0.2) is 38.2 Å². The highest BCUT2D eigenvalue weighted by molar-refractivity contribution is 14.0. The molecule has 0 fully saturated rings. The number of halogens is 1. The molecule has 2 N–H and O–H groups in total. The van der Waals surface area contributed by atoms with Gasteiger partial charge in [0.1, 0.15) is 0 Å². The molecule has 0 heterocycles. The van der Waals surface area contributed by atoms with E-state index >= 15 is 0 Å². The van der Waals surface area contributed by atoms with Crippen LogP contribution in [0.2, 0.25) is 0 Å². The topological polar surface area (TPSA) is 62.7 Å². The van der Waals surface area contributed by atoms with Crippen molar-refractivity contribution in [2.45, 2.75) is 53.1 Å². The van der Waals surface area contributed by atoms with Crippen LogP contribution in [0.15, 0.2) is 4.99 Å². The fourth-order valence-electron chi connectivity index (χ4n) is 1.64. The standard InChI is InChI=1S/C14H29N3O2.HI/c1-6-12(7-2)10-17-14(15-5)16-9-8-13(18)19-11(3)4;/h11-12H,6-10H2,1-5H3,(H2,15,16,17);1H. The number of nitrogens with one attached hydrogen (secondary N) is 2. The first-order valence-corrected chi connectivity index (χ1v) is 7.17. The second-order valence-electron chi connectivity index (χ2n) is 4.85. The van der Waals surface area contributed by atoms with Gasteiger partial charge in [-0.1, -0.05) is 26.7 Å². The SMILES string of the molecule is CCC(CC)CNC(=NC)NCCC(=O)OC(C)C.I. The van der Waals surface area contributed by atoms with Gasteiger partial charge in [0.25, 0.3) is 0 Å². The minimum atomic E-state index is -0.182. The van der Waals surface area contributed by atoms with Gasteiger partial charge in [-0.3, -0.25) is 9.79 Å². The largest absolute Gasteiger partial charge is 0.463 e. The van der Waals surface area contributed by atoms with Crippen LogP contribution in [0.25, 0.3) is 0 Å². The van der Waals surface area contributed by atoms with Crippen molar-refractivity contribution in [3.8, 4) is 0 Å². The average Bonchev–Trinajstić information content (AvgIpc) is 2.36. The Labute approximate surface area is 140 Å². The zero-order valence-electron chi connectivity index (χ0n) is 13.4. The van der Waals surface area contributed by atoms with Crippen molar-refractivity contribution in [1.29, 1.82) is 0 Å². The Balaban J connectivity index is 0. The maximum atomic E-state index is 11.4. The van der Waals surface area contributed by atoms with E-state index in [1.54, 1.807) is 7.05 Å². The third kappa shape index (κ3) is 11.3. The first-order valence-electron chi connectivity index (χ1n) is 7.17. The number of aliphatic imine (C=N–C) groups is 1. The van der Waals surface area contributed by atoms with E-state index in [4.69, 9.17) is 4.74 Å². The molecule has 0 radical (unpaired) electrons. The molecule has 0 atom stereocenters. The average molecular weight is 399 g/mol. The molecular formula is C14H30IN3O2. The zero-order chi connectivity index (χ0) is 14.7. The highest BCUT2D eigenvalue weighted by atomic mass is 127. The van der Waals surface area contributed by atoms with Crippen LogP contribution in [0.4, 0.5) is 0 Å². The summed E-state index contributed by atoms with van der Waals surface area (Å²) in [7, 11) is 1.73. The second-order valence-corrected chi connectivity index (χ2v) is 4.85. The smallest absolute Gasteiger partial charge is 0.307 e. The lowest BCUT2D eigenvalue weighted by Crippen LogP contribution is -2.40. The molecule has 20 heavy (non-hydrogen) atoms. The fraction of sp³-hybridized carbons (Fsp3) is 0.857. The summed E-state index contributed by atoms with van der Waals surface area (Å²) in [4.78, 5) is 15.5. The highest BCUT2D eigenvalue weighted by Gasteiger charge is 2.07. The number of rotatable bonds is 8. The summed E-state index contributed by atoms with van der Waals surface area (Å²) in [6, 6.07) is 0. The van der Waals surface area contributed by atoms with Gasteiger partial charge < -0.3 is 15.4 Å². The normalized spacial score (nSPS) is 11.2. The van der Waals surface area contributed by atoms with Crippen molar-refractivity contribution in [2.75, 3.05) is 20.1 Å². The molecule has 6 heteroatoms. The van der Waals surface area contributed by atoms with Crippen LogP contribution >= 0.6 is 24.0 Å². The van der Waals surface area contributed by atoms with E-state index in [0.717, 1.165) is 25.3 Å². The van der Waals surface area contributed by atoms with Gasteiger partial charge in [-0.25, -0.2) is 0 Å². The number of nitrogens with zero attached hydrogens (tertiary/aromatic N) is 1. The third-order valence-corrected chi connectivity index (χ3v) is 2.93. The van der Waals surface area contributed by atoms with Crippen LogP contribution in [-0.2, 0) is 9.53 Å². The molecule has 0 aromatic rings. The van der Waals surface area contributed by atoms with Gasteiger partial charge in [-0.05, 0) is 19.8 Å². The van der Waals surface area contributed by atoms with Crippen LogP contribution in [0.1, 0.15) is 47.0 Å². The Hall–Kier alpha value is -0.530. The molecule has 0 aliphatic rings. The van der Waals surface area contributed by atoms with Crippen LogP contribution in [0.5, 0.6) is 0 Å². The van der Waals surface area contributed by atoms with E-state index in [1.807, 2.05) is 13.8 Å². The van der Waals surface area contributed by atoms with E-state index in [2.05, 4.69) is 29.5 Å². The summed E-state index contributed by atoms with van der Waals surface area (Å²) in [6.45, 7) is 9.52. The summed E-state index contributed by atoms with van der Waals surface area (Å²) in [5.74, 6) is 1.21. The van der Waals surface area contributed by atoms with Crippen molar-refractivity contribution in [1.82, 2.24) is 10.6 Å². The minimum absolute atomic E-state index is 0. The predicted molar refractivity (Wildman–Crippen MR) is 94.7 cm³/mol. The molecule has 0 aromatic carbocycles. The number of hydrogen-bond acceptors (Lipinski definition) is 3. The Morgan fingerprint density at radius 2 is 1.80 bits per heavy atom. The molecule has 0 saturated carbocycles. The van der Waals surface area contributed by atoms with Gasteiger partial charge in [0.15, 0.2) is 5.96 Å². The fourth-order valence-corrected chi connectivity index (χ4v) is 1.64. The number of hydrogen-bond donors (Lipinski definition) is 2. The van der Waals surface area contributed by atoms with Crippen molar-refractivity contribution in [2.24, 2.45) is 10.9 Å². The zero-order valence-corrected chi connectivity index (χ0v) is 15.7. The van der Waals surface area contributed by atoms with Gasteiger partial charge in [0.05, 0.1) is 12.5 Å². The number of guanidine groups is 1. The molecule has 0 aliphatic carbocycles. The van der Waals surface area contributed by atoms with E-state index in [-0.39, 0.29) is 36.0 Å². The lowest BCUT2D eigenvalue weighted by Gasteiger charge is -2.16. The number of carbonyl (C=O) groups excluding carboxylic acids is 1. The number of ether oxygens (including phenoxy) is 1. The molecule has 120 valence electrons. The van der Waals surface area contributed by atoms with Crippen LogP contribution in [0.3, 0.4) is 0 Å². The van der Waals surface area contributed by atoms with E-state index in [9.17, 15) is 4.79 Å². The van der Waals surface area contributed by atoms with E-state index < -0.39 is 0 Å². The summed E-state index contributed by atoms with van der Waals surface area (Å²) in [5, 5.41) is 6.39. The van der Waals surface area contributed by atoms with Crippen molar-refractivity contribution in [3.63, 3.8) is 0 Å². The first-order chi connectivity index (χ1) is 9.03. The molecule has 0 aliphatic heterocycles. The molecule has 5 nitrogen and oxygen atoms in total. The van der Waals surface area contributed by atoms with Crippen LogP contribution < -0.4 is 10.6 Å². The third-order valence-electron chi connectivity index (χ3n) is 2.93. The lowest BCUT2D eigenvalue weighted by atomic mass is 10.0. The van der Waals surface area contributed by atoms with E-state index in [1.165, 1.54) is 0 Å². The number of carbonyl (C=O) groups is 1. The minimum Gasteiger partial charge on any atom is -0.463 e. The molecule has 0 amide bonds. The Morgan fingerprint density at radius 1 is 1.20 bits per heavy atom. The maximum Gasteiger partial charge on any atom is 0.307 e. The molecule has 0 unspecified atom stereocenters. The number of esters is 1. The molecule has 0 saturated heterocycles. The molecule has 0 rings (SSSR count). The molecular weight excluding hydrogens is 369 g/mol. The van der Waals surface area contributed by atoms with Crippen LogP contribution in [0, 0.1) is 5.92 Å².